The van der Waals surface area contributed by atoms with Crippen LogP contribution >= 0.6 is 0 Å². The van der Waals surface area contributed by atoms with Crippen LogP contribution in [0.4, 0.5) is 0 Å². The average molecular weight is 283 g/mol. The Hall–Kier alpha value is -0.650. The number of amides is 1. The van der Waals surface area contributed by atoms with Gasteiger partial charge in [0.25, 0.3) is 0 Å². The van der Waals surface area contributed by atoms with Gasteiger partial charge in [0.05, 0.1) is 12.1 Å². The van der Waals surface area contributed by atoms with E-state index in [0.29, 0.717) is 12.6 Å². The molecule has 2 rings (SSSR count). The molecule has 0 aromatic heterocycles. The molecule has 2 aliphatic rings. The molecule has 2 N–H and O–H groups in total. The molecule has 0 radical (unpaired) electrons. The number of hydrogen-bond acceptors (Lipinski definition) is 4. The third-order valence-corrected chi connectivity index (χ3v) is 4.49. The van der Waals surface area contributed by atoms with Gasteiger partial charge in [-0.15, -0.1) is 0 Å². The summed E-state index contributed by atoms with van der Waals surface area (Å²) < 4.78 is 0. The van der Waals surface area contributed by atoms with Gasteiger partial charge in [0.1, 0.15) is 0 Å². The first-order chi connectivity index (χ1) is 9.61. The van der Waals surface area contributed by atoms with Crippen molar-refractivity contribution in [2.24, 2.45) is 0 Å². The Bertz CT molecular complexity index is 316. The molecule has 0 spiro atoms. The van der Waals surface area contributed by atoms with Crippen molar-refractivity contribution < 1.29 is 9.90 Å². The Morgan fingerprint density at radius 1 is 1.40 bits per heavy atom. The third-order valence-electron chi connectivity index (χ3n) is 4.49. The largest absolute Gasteiger partial charge is 0.392 e. The van der Waals surface area contributed by atoms with Crippen LogP contribution in [0.1, 0.15) is 39.5 Å². The standard InChI is InChI=1S/C15H29N3O2/c1-3-13-11-18(9-8-17(13)10-12(2)19)15(20)14-6-4-5-7-16-14/h12-14,16,19H,3-11H2,1-2H3/t12?,13?,14-/m1/s1. The smallest absolute Gasteiger partial charge is 0.239 e. The first-order valence-corrected chi connectivity index (χ1v) is 8.06. The molecule has 5 nitrogen and oxygen atoms in total. The van der Waals surface area contributed by atoms with E-state index in [2.05, 4.69) is 17.1 Å². The van der Waals surface area contributed by atoms with Gasteiger partial charge in [0.2, 0.25) is 5.91 Å². The predicted molar refractivity (Wildman–Crippen MR) is 79.6 cm³/mol. The molecule has 2 fully saturated rings. The zero-order chi connectivity index (χ0) is 14.5. The Labute approximate surface area is 122 Å². The molecule has 0 aliphatic carbocycles. The first-order valence-electron chi connectivity index (χ1n) is 8.06. The number of carbonyl (C=O) groups is 1. The summed E-state index contributed by atoms with van der Waals surface area (Å²) in [5.74, 6) is 0.278. The van der Waals surface area contributed by atoms with E-state index < -0.39 is 0 Å². The molecule has 2 unspecified atom stereocenters. The Morgan fingerprint density at radius 3 is 2.80 bits per heavy atom. The summed E-state index contributed by atoms with van der Waals surface area (Å²) in [5, 5.41) is 12.9. The fourth-order valence-corrected chi connectivity index (χ4v) is 3.34. The molecule has 3 atom stereocenters. The number of carbonyl (C=O) groups excluding carboxylic acids is 1. The molecule has 0 aromatic rings. The van der Waals surface area contributed by atoms with Crippen molar-refractivity contribution in [3.63, 3.8) is 0 Å². The first kappa shape index (κ1) is 15.7. The van der Waals surface area contributed by atoms with Crippen molar-refractivity contribution in [3.05, 3.63) is 0 Å². The maximum atomic E-state index is 12.5. The van der Waals surface area contributed by atoms with Crippen LogP contribution in [0.15, 0.2) is 0 Å². The van der Waals surface area contributed by atoms with E-state index in [1.54, 1.807) is 0 Å². The molecule has 2 saturated heterocycles. The topological polar surface area (TPSA) is 55.8 Å². The van der Waals surface area contributed by atoms with Crippen molar-refractivity contribution in [3.8, 4) is 0 Å². The minimum absolute atomic E-state index is 0.0320. The van der Waals surface area contributed by atoms with E-state index in [-0.39, 0.29) is 18.1 Å². The molecule has 2 heterocycles. The molecule has 1 amide bonds. The molecule has 0 aromatic carbocycles. The van der Waals surface area contributed by atoms with E-state index in [0.717, 1.165) is 45.4 Å². The number of piperazine rings is 1. The van der Waals surface area contributed by atoms with Crippen molar-refractivity contribution in [1.29, 1.82) is 0 Å². The molecule has 20 heavy (non-hydrogen) atoms. The van der Waals surface area contributed by atoms with Crippen LogP contribution in [0, 0.1) is 0 Å². The summed E-state index contributed by atoms with van der Waals surface area (Å²) >= 11 is 0. The summed E-state index contributed by atoms with van der Waals surface area (Å²) in [7, 11) is 0. The van der Waals surface area contributed by atoms with Crippen LogP contribution < -0.4 is 5.32 Å². The van der Waals surface area contributed by atoms with Gasteiger partial charge in [0, 0.05) is 32.2 Å². The lowest BCUT2D eigenvalue weighted by atomic mass is 10.0. The van der Waals surface area contributed by atoms with Crippen LogP contribution in [0.3, 0.4) is 0 Å². The molecular formula is C15H29N3O2. The average Bonchev–Trinajstić information content (AvgIpc) is 2.47. The van der Waals surface area contributed by atoms with Gasteiger partial charge in [-0.05, 0) is 32.7 Å². The fraction of sp³-hybridized carbons (Fsp3) is 0.933. The molecule has 5 heteroatoms. The minimum Gasteiger partial charge on any atom is -0.392 e. The van der Waals surface area contributed by atoms with Gasteiger partial charge in [0.15, 0.2) is 0 Å². The lowest BCUT2D eigenvalue weighted by Crippen LogP contribution is -2.59. The van der Waals surface area contributed by atoms with Gasteiger partial charge < -0.3 is 15.3 Å². The van der Waals surface area contributed by atoms with Crippen molar-refractivity contribution in [2.45, 2.75) is 57.7 Å². The van der Waals surface area contributed by atoms with E-state index in [1.807, 2.05) is 11.8 Å². The third kappa shape index (κ3) is 3.93. The summed E-state index contributed by atoms with van der Waals surface area (Å²) in [6.07, 6.45) is 4.04. The Morgan fingerprint density at radius 2 is 2.20 bits per heavy atom. The summed E-state index contributed by atoms with van der Waals surface area (Å²) in [4.78, 5) is 16.9. The zero-order valence-electron chi connectivity index (χ0n) is 12.8. The van der Waals surface area contributed by atoms with E-state index >= 15 is 0 Å². The SMILES string of the molecule is CCC1CN(C(=O)[C@H]2CCCCN2)CCN1CC(C)O. The van der Waals surface area contributed by atoms with E-state index in [4.69, 9.17) is 0 Å². The number of aliphatic hydroxyl groups is 1. The van der Waals surface area contributed by atoms with Crippen LogP contribution in [0.5, 0.6) is 0 Å². The second-order valence-corrected chi connectivity index (χ2v) is 6.19. The number of β-amino-alcohol motifs (C(OH)–C–C–N with tert-alkyl or cyclic N) is 1. The highest BCUT2D eigenvalue weighted by molar-refractivity contribution is 5.82. The van der Waals surface area contributed by atoms with Crippen molar-refractivity contribution in [1.82, 2.24) is 15.1 Å². The van der Waals surface area contributed by atoms with Crippen molar-refractivity contribution >= 4 is 5.91 Å². The van der Waals surface area contributed by atoms with Crippen molar-refractivity contribution in [2.75, 3.05) is 32.7 Å². The highest BCUT2D eigenvalue weighted by Gasteiger charge is 2.32. The second-order valence-electron chi connectivity index (χ2n) is 6.19. The number of nitrogens with one attached hydrogen (secondary N) is 1. The normalized spacial score (nSPS) is 30.2. The molecule has 0 bridgehead atoms. The van der Waals surface area contributed by atoms with Crippen LogP contribution in [0.25, 0.3) is 0 Å². The van der Waals surface area contributed by atoms with Gasteiger partial charge in [-0.3, -0.25) is 9.69 Å². The zero-order valence-corrected chi connectivity index (χ0v) is 12.8. The molecular weight excluding hydrogens is 254 g/mol. The number of aliphatic hydroxyl groups excluding tert-OH is 1. The number of rotatable bonds is 4. The minimum atomic E-state index is -0.300. The molecule has 0 saturated carbocycles. The number of piperidine rings is 1. The monoisotopic (exact) mass is 283 g/mol. The summed E-state index contributed by atoms with van der Waals surface area (Å²) in [6, 6.07) is 0.412. The summed E-state index contributed by atoms with van der Waals surface area (Å²) in [6.45, 7) is 8.14. The van der Waals surface area contributed by atoms with Crippen LogP contribution in [0.2, 0.25) is 0 Å². The van der Waals surface area contributed by atoms with Crippen LogP contribution in [-0.4, -0.2) is 71.7 Å². The quantitative estimate of drug-likeness (QED) is 0.786. The van der Waals surface area contributed by atoms with Gasteiger partial charge >= 0.3 is 0 Å². The maximum absolute atomic E-state index is 12.5. The highest BCUT2D eigenvalue weighted by Crippen LogP contribution is 2.16. The fourth-order valence-electron chi connectivity index (χ4n) is 3.34. The maximum Gasteiger partial charge on any atom is 0.239 e. The van der Waals surface area contributed by atoms with Crippen LogP contribution in [-0.2, 0) is 4.79 Å². The molecule has 116 valence electrons. The second kappa shape index (κ2) is 7.38. The van der Waals surface area contributed by atoms with E-state index in [1.165, 1.54) is 6.42 Å². The lowest BCUT2D eigenvalue weighted by Gasteiger charge is -2.43. The lowest BCUT2D eigenvalue weighted by molar-refractivity contribution is -0.137. The van der Waals surface area contributed by atoms with Gasteiger partial charge in [-0.25, -0.2) is 0 Å². The number of hydrogen-bond donors (Lipinski definition) is 2. The number of nitrogens with zero attached hydrogens (tertiary/aromatic N) is 2. The Balaban J connectivity index is 1.90. The highest BCUT2D eigenvalue weighted by atomic mass is 16.3. The summed E-state index contributed by atoms with van der Waals surface area (Å²) in [5.41, 5.74) is 0. The van der Waals surface area contributed by atoms with Gasteiger partial charge in [-0.1, -0.05) is 13.3 Å². The Kier molecular flexibility index (Phi) is 5.81. The van der Waals surface area contributed by atoms with Gasteiger partial charge in [-0.2, -0.15) is 0 Å². The molecule has 2 aliphatic heterocycles. The van der Waals surface area contributed by atoms with E-state index in [9.17, 15) is 9.90 Å². The predicted octanol–water partition coefficient (Wildman–Crippen LogP) is 0.432.